The summed E-state index contributed by atoms with van der Waals surface area (Å²) in [6, 6.07) is 19.3. The SMILES string of the molecule is CCOC(=O)C1=C(C)N=c2s/c(=C/c3c(C)n(Cc4ccc(F)cc4)c4ccccc34)c(=O)n2[C@@H]1c1ccc(OC)c(Br)c1. The first kappa shape index (κ1) is 29.8. The highest BCUT2D eigenvalue weighted by molar-refractivity contribution is 9.10. The summed E-state index contributed by atoms with van der Waals surface area (Å²) in [5, 5.41) is 0.997. The maximum Gasteiger partial charge on any atom is 0.338 e. The van der Waals surface area contributed by atoms with Crippen LogP contribution in [0.25, 0.3) is 17.0 Å². The number of rotatable bonds is 7. The van der Waals surface area contributed by atoms with Crippen molar-refractivity contribution in [1.82, 2.24) is 9.13 Å². The molecule has 0 saturated heterocycles. The number of ether oxygens (including phenoxy) is 2. The third kappa shape index (κ3) is 5.22. The van der Waals surface area contributed by atoms with Gasteiger partial charge >= 0.3 is 5.97 Å². The van der Waals surface area contributed by atoms with E-state index >= 15 is 0 Å². The van der Waals surface area contributed by atoms with Crippen molar-refractivity contribution in [2.75, 3.05) is 13.7 Å². The van der Waals surface area contributed by atoms with E-state index in [1.165, 1.54) is 23.5 Å². The summed E-state index contributed by atoms with van der Waals surface area (Å²) in [6.07, 6.45) is 1.91. The molecule has 0 spiro atoms. The van der Waals surface area contributed by atoms with E-state index in [1.54, 1.807) is 43.7 Å². The molecule has 0 radical (unpaired) electrons. The first-order chi connectivity index (χ1) is 21.2. The summed E-state index contributed by atoms with van der Waals surface area (Å²) < 4.78 is 29.4. The van der Waals surface area contributed by atoms with E-state index < -0.39 is 12.0 Å². The van der Waals surface area contributed by atoms with Crippen LogP contribution >= 0.6 is 27.3 Å². The number of hydrogen-bond donors (Lipinski definition) is 0. The van der Waals surface area contributed by atoms with Crippen LogP contribution in [0, 0.1) is 12.7 Å². The molecule has 1 atom stereocenters. The number of esters is 1. The molecule has 5 aromatic rings. The second-order valence-corrected chi connectivity index (χ2v) is 12.3. The van der Waals surface area contributed by atoms with Crippen LogP contribution in [-0.2, 0) is 16.1 Å². The van der Waals surface area contributed by atoms with Crippen LogP contribution in [-0.4, -0.2) is 28.8 Å². The van der Waals surface area contributed by atoms with Crippen LogP contribution < -0.4 is 19.6 Å². The van der Waals surface area contributed by atoms with Gasteiger partial charge in [-0.1, -0.05) is 47.7 Å². The fourth-order valence-corrected chi connectivity index (χ4v) is 7.29. The molecule has 2 aromatic heterocycles. The predicted molar refractivity (Wildman–Crippen MR) is 173 cm³/mol. The van der Waals surface area contributed by atoms with Crippen molar-refractivity contribution in [3.8, 4) is 5.75 Å². The lowest BCUT2D eigenvalue weighted by Crippen LogP contribution is -2.40. The molecule has 1 aliphatic rings. The van der Waals surface area contributed by atoms with Crippen LogP contribution in [0.4, 0.5) is 4.39 Å². The van der Waals surface area contributed by atoms with E-state index in [9.17, 15) is 14.0 Å². The molecule has 0 amide bonds. The predicted octanol–water partition coefficient (Wildman–Crippen LogP) is 6.02. The minimum atomic E-state index is -0.740. The normalized spacial score (nSPS) is 15.0. The zero-order chi connectivity index (χ0) is 31.1. The van der Waals surface area contributed by atoms with Gasteiger partial charge < -0.3 is 14.0 Å². The first-order valence-electron chi connectivity index (χ1n) is 14.1. The van der Waals surface area contributed by atoms with Crippen molar-refractivity contribution in [1.29, 1.82) is 0 Å². The van der Waals surface area contributed by atoms with E-state index in [-0.39, 0.29) is 18.0 Å². The second-order valence-electron chi connectivity index (χ2n) is 10.4. The number of halogens is 2. The van der Waals surface area contributed by atoms with Crippen molar-refractivity contribution in [3.63, 3.8) is 0 Å². The molecule has 0 unspecified atom stereocenters. The third-order valence-corrected chi connectivity index (χ3v) is 9.42. The summed E-state index contributed by atoms with van der Waals surface area (Å²) in [4.78, 5) is 32.7. The molecule has 44 heavy (non-hydrogen) atoms. The second kappa shape index (κ2) is 12.0. The maximum absolute atomic E-state index is 14.2. The number of carbonyl (C=O) groups excluding carboxylic acids is 1. The highest BCUT2D eigenvalue weighted by Crippen LogP contribution is 2.35. The Kier molecular flexibility index (Phi) is 8.13. The van der Waals surface area contributed by atoms with Crippen LogP contribution in [0.5, 0.6) is 5.75 Å². The smallest absolute Gasteiger partial charge is 0.338 e. The number of aromatic nitrogens is 2. The van der Waals surface area contributed by atoms with Gasteiger partial charge in [0.05, 0.1) is 40.0 Å². The van der Waals surface area contributed by atoms with Crippen molar-refractivity contribution < 1.29 is 18.7 Å². The van der Waals surface area contributed by atoms with Crippen LogP contribution in [0.2, 0.25) is 0 Å². The van der Waals surface area contributed by atoms with Gasteiger partial charge in [0.2, 0.25) is 0 Å². The molecule has 3 aromatic carbocycles. The van der Waals surface area contributed by atoms with Crippen molar-refractivity contribution in [2.45, 2.75) is 33.4 Å². The Hall–Kier alpha value is -4.28. The maximum atomic E-state index is 14.2. The minimum absolute atomic E-state index is 0.195. The van der Waals surface area contributed by atoms with Crippen molar-refractivity contribution >= 4 is 50.2 Å². The number of nitrogens with zero attached hydrogens (tertiary/aromatic N) is 3. The van der Waals surface area contributed by atoms with Crippen LogP contribution in [0.3, 0.4) is 0 Å². The summed E-state index contributed by atoms with van der Waals surface area (Å²) in [5.41, 5.74) is 5.14. The fourth-order valence-electron chi connectivity index (χ4n) is 5.71. The highest BCUT2D eigenvalue weighted by Gasteiger charge is 2.33. The Morgan fingerprint density at radius 2 is 1.86 bits per heavy atom. The third-order valence-electron chi connectivity index (χ3n) is 7.82. The minimum Gasteiger partial charge on any atom is -0.496 e. The van der Waals surface area contributed by atoms with Gasteiger partial charge in [0.25, 0.3) is 5.56 Å². The number of carbonyl (C=O) groups is 1. The monoisotopic (exact) mass is 673 g/mol. The van der Waals surface area contributed by atoms with E-state index in [1.807, 2.05) is 49.4 Å². The van der Waals surface area contributed by atoms with Gasteiger partial charge in [0.1, 0.15) is 11.6 Å². The van der Waals surface area contributed by atoms with Crippen LogP contribution in [0.1, 0.15) is 42.3 Å². The summed E-state index contributed by atoms with van der Waals surface area (Å²) in [6.45, 7) is 6.28. The van der Waals surface area contributed by atoms with E-state index in [0.717, 1.165) is 33.3 Å². The molecule has 0 fully saturated rings. The quantitative estimate of drug-likeness (QED) is 0.198. The molecule has 7 nitrogen and oxygen atoms in total. The summed E-state index contributed by atoms with van der Waals surface area (Å²) in [5.74, 6) is -0.160. The molecule has 10 heteroatoms. The Bertz CT molecular complexity index is 2140. The Morgan fingerprint density at radius 3 is 2.57 bits per heavy atom. The van der Waals surface area contributed by atoms with Gasteiger partial charge in [-0.2, -0.15) is 0 Å². The van der Waals surface area contributed by atoms with Gasteiger partial charge in [-0.05, 0) is 84.2 Å². The Balaban J connectivity index is 1.54. The fraction of sp³-hybridized carbons (Fsp3) is 0.206. The molecule has 6 rings (SSSR count). The number of para-hydroxylation sites is 1. The summed E-state index contributed by atoms with van der Waals surface area (Å²) in [7, 11) is 1.58. The average Bonchev–Trinajstić information content (AvgIpc) is 3.46. The number of methoxy groups -OCH3 is 1. The zero-order valence-corrected chi connectivity index (χ0v) is 27.0. The lowest BCUT2D eigenvalue weighted by molar-refractivity contribution is -0.139. The Morgan fingerprint density at radius 1 is 1.11 bits per heavy atom. The molecule has 0 aliphatic carbocycles. The van der Waals surface area contributed by atoms with Crippen molar-refractivity contribution in [3.05, 3.63) is 130 Å². The number of hydrogen-bond acceptors (Lipinski definition) is 6. The molecule has 0 N–H and O–H groups in total. The molecule has 224 valence electrons. The van der Waals surface area contributed by atoms with Gasteiger partial charge in [-0.15, -0.1) is 0 Å². The highest BCUT2D eigenvalue weighted by atomic mass is 79.9. The van der Waals surface area contributed by atoms with Gasteiger partial charge in [-0.25, -0.2) is 14.2 Å². The standard InChI is InChI=1S/C34H29BrFN3O4S/c1-5-43-33(41)30-19(2)37-34-39(31(30)22-12-15-28(42-4)26(35)16-22)32(40)29(44-34)17-25-20(3)38(27-9-7-6-8-24(25)27)18-21-10-13-23(36)14-11-21/h6-17,31H,5,18H2,1-4H3/b29-17+/t31-/m1/s1. The van der Waals surface area contributed by atoms with Gasteiger partial charge in [0, 0.05) is 28.7 Å². The molecule has 0 saturated carbocycles. The van der Waals surface area contributed by atoms with E-state index in [4.69, 9.17) is 14.5 Å². The first-order valence-corrected chi connectivity index (χ1v) is 15.7. The molecule has 3 heterocycles. The Labute approximate surface area is 265 Å². The average molecular weight is 675 g/mol. The number of thiazole rings is 1. The zero-order valence-electron chi connectivity index (χ0n) is 24.6. The van der Waals surface area contributed by atoms with E-state index in [0.29, 0.717) is 37.4 Å². The van der Waals surface area contributed by atoms with Gasteiger partial charge in [-0.3, -0.25) is 9.36 Å². The topological polar surface area (TPSA) is 74.8 Å². The molecular weight excluding hydrogens is 645 g/mol. The van der Waals surface area contributed by atoms with Crippen LogP contribution in [0.15, 0.2) is 92.3 Å². The molecular formula is C34H29BrFN3O4S. The lowest BCUT2D eigenvalue weighted by Gasteiger charge is -2.25. The lowest BCUT2D eigenvalue weighted by atomic mass is 9.96. The summed E-state index contributed by atoms with van der Waals surface area (Å²) >= 11 is 4.84. The van der Waals surface area contributed by atoms with Gasteiger partial charge in [0.15, 0.2) is 4.80 Å². The molecule has 1 aliphatic heterocycles. The molecule has 0 bridgehead atoms. The largest absolute Gasteiger partial charge is 0.496 e. The number of fused-ring (bicyclic) bond motifs is 2. The van der Waals surface area contributed by atoms with Crippen molar-refractivity contribution in [2.24, 2.45) is 4.99 Å². The number of allylic oxidation sites excluding steroid dienone is 1. The number of benzene rings is 3. The van der Waals surface area contributed by atoms with E-state index in [2.05, 4.69) is 20.5 Å².